The Hall–Kier alpha value is -0.910. The zero-order valence-electron chi connectivity index (χ0n) is 10.4. The largest absolute Gasteiger partial charge is 0.491 e. The topological polar surface area (TPSA) is 21.3 Å². The van der Waals surface area contributed by atoms with Gasteiger partial charge in [0.1, 0.15) is 18.2 Å². The van der Waals surface area contributed by atoms with Gasteiger partial charge in [0.05, 0.1) is 4.47 Å². The van der Waals surface area contributed by atoms with Gasteiger partial charge in [0.2, 0.25) is 0 Å². The number of halogens is 2. The van der Waals surface area contributed by atoms with E-state index >= 15 is 0 Å². The molecular weight excluding hydrogens is 329 g/mol. The average Bonchev–Trinajstić information content (AvgIpc) is 2.89. The summed E-state index contributed by atoms with van der Waals surface area (Å²) in [7, 11) is 0. The van der Waals surface area contributed by atoms with E-state index in [-0.39, 0.29) is 5.82 Å². The van der Waals surface area contributed by atoms with Crippen molar-refractivity contribution in [2.24, 2.45) is 0 Å². The van der Waals surface area contributed by atoms with Gasteiger partial charge in [-0.1, -0.05) is 0 Å². The molecule has 5 heteroatoms. The molecule has 1 N–H and O–H groups in total. The molecule has 0 saturated heterocycles. The van der Waals surface area contributed by atoms with Gasteiger partial charge in [0.25, 0.3) is 0 Å². The predicted octanol–water partition coefficient (Wildman–Crippen LogP) is 3.86. The molecule has 0 unspecified atom stereocenters. The Morgan fingerprint density at radius 2 is 2.16 bits per heavy atom. The Balaban J connectivity index is 1.61. The number of hydrogen-bond donors (Lipinski definition) is 1. The van der Waals surface area contributed by atoms with Crippen LogP contribution in [-0.2, 0) is 6.42 Å². The van der Waals surface area contributed by atoms with Gasteiger partial charge in [-0.15, -0.1) is 0 Å². The van der Waals surface area contributed by atoms with Gasteiger partial charge in [-0.3, -0.25) is 0 Å². The van der Waals surface area contributed by atoms with E-state index in [1.807, 2.05) is 0 Å². The highest BCUT2D eigenvalue weighted by Gasteiger charge is 2.02. The summed E-state index contributed by atoms with van der Waals surface area (Å²) in [6, 6.07) is 6.56. The number of hydrogen-bond acceptors (Lipinski definition) is 3. The quantitative estimate of drug-likeness (QED) is 0.770. The zero-order valence-corrected chi connectivity index (χ0v) is 12.8. The lowest BCUT2D eigenvalue weighted by molar-refractivity contribution is 0.312. The van der Waals surface area contributed by atoms with Crippen LogP contribution in [0.1, 0.15) is 5.56 Å². The molecule has 1 aromatic heterocycles. The monoisotopic (exact) mass is 343 g/mol. The minimum atomic E-state index is -0.270. The first-order valence-electron chi connectivity index (χ1n) is 6.05. The smallest absolute Gasteiger partial charge is 0.133 e. The summed E-state index contributed by atoms with van der Waals surface area (Å²) in [5.74, 6) is 0.397. The van der Waals surface area contributed by atoms with Gasteiger partial charge in [0, 0.05) is 6.54 Å². The van der Waals surface area contributed by atoms with E-state index in [4.69, 9.17) is 4.74 Å². The van der Waals surface area contributed by atoms with Crippen LogP contribution >= 0.6 is 27.3 Å². The minimum absolute atomic E-state index is 0.270. The van der Waals surface area contributed by atoms with Gasteiger partial charge in [-0.2, -0.15) is 11.3 Å². The van der Waals surface area contributed by atoms with E-state index in [2.05, 4.69) is 38.1 Å². The second-order valence-electron chi connectivity index (χ2n) is 4.05. The highest BCUT2D eigenvalue weighted by molar-refractivity contribution is 9.10. The van der Waals surface area contributed by atoms with Crippen molar-refractivity contribution in [2.45, 2.75) is 6.42 Å². The first-order valence-corrected chi connectivity index (χ1v) is 7.79. The first-order chi connectivity index (χ1) is 9.25. The highest BCUT2D eigenvalue weighted by atomic mass is 79.9. The molecule has 2 rings (SSSR count). The maximum Gasteiger partial charge on any atom is 0.133 e. The lowest BCUT2D eigenvalue weighted by atomic mass is 10.2. The molecule has 2 aromatic rings. The van der Waals surface area contributed by atoms with Gasteiger partial charge < -0.3 is 10.1 Å². The van der Waals surface area contributed by atoms with Crippen LogP contribution < -0.4 is 10.1 Å². The Bertz CT molecular complexity index is 504. The SMILES string of the molecule is Fc1ccc(OCCNCCc2ccsc2)c(Br)c1. The van der Waals surface area contributed by atoms with Gasteiger partial charge >= 0.3 is 0 Å². The molecule has 0 bridgehead atoms. The number of nitrogens with one attached hydrogen (secondary N) is 1. The summed E-state index contributed by atoms with van der Waals surface area (Å²) in [6.07, 6.45) is 1.03. The molecule has 0 spiro atoms. The third kappa shape index (κ3) is 4.93. The molecule has 0 saturated carbocycles. The van der Waals surface area contributed by atoms with Crippen LogP contribution in [0.15, 0.2) is 39.5 Å². The second kappa shape index (κ2) is 7.62. The van der Waals surface area contributed by atoms with Crippen LogP contribution in [0.5, 0.6) is 5.75 Å². The molecule has 0 atom stereocenters. The molecular formula is C14H15BrFNOS. The molecule has 0 radical (unpaired) electrons. The van der Waals surface area contributed by atoms with Crippen molar-refractivity contribution >= 4 is 27.3 Å². The fourth-order valence-electron chi connectivity index (χ4n) is 1.62. The Morgan fingerprint density at radius 3 is 2.89 bits per heavy atom. The summed E-state index contributed by atoms with van der Waals surface area (Å²) in [4.78, 5) is 0. The van der Waals surface area contributed by atoms with E-state index in [1.54, 1.807) is 17.4 Å². The number of ether oxygens (including phenoxy) is 1. The summed E-state index contributed by atoms with van der Waals surface area (Å²) in [6.45, 7) is 2.27. The van der Waals surface area contributed by atoms with Crippen molar-refractivity contribution in [2.75, 3.05) is 19.7 Å². The third-order valence-electron chi connectivity index (χ3n) is 2.60. The first kappa shape index (κ1) is 14.5. The summed E-state index contributed by atoms with van der Waals surface area (Å²) in [5.41, 5.74) is 1.36. The van der Waals surface area contributed by atoms with Gasteiger partial charge in [-0.25, -0.2) is 4.39 Å². The minimum Gasteiger partial charge on any atom is -0.491 e. The maximum atomic E-state index is 12.9. The van der Waals surface area contributed by atoms with E-state index in [9.17, 15) is 4.39 Å². The fourth-order valence-corrected chi connectivity index (χ4v) is 2.79. The van der Waals surface area contributed by atoms with E-state index in [0.29, 0.717) is 16.8 Å². The molecule has 0 aliphatic rings. The molecule has 1 aromatic carbocycles. The molecule has 19 heavy (non-hydrogen) atoms. The van der Waals surface area contributed by atoms with Crippen LogP contribution in [0.2, 0.25) is 0 Å². The fraction of sp³-hybridized carbons (Fsp3) is 0.286. The molecule has 1 heterocycles. The lowest BCUT2D eigenvalue weighted by Gasteiger charge is -2.09. The molecule has 0 fully saturated rings. The molecule has 2 nitrogen and oxygen atoms in total. The Morgan fingerprint density at radius 1 is 1.26 bits per heavy atom. The number of rotatable bonds is 7. The van der Waals surface area contributed by atoms with Crippen molar-refractivity contribution in [1.29, 1.82) is 0 Å². The van der Waals surface area contributed by atoms with Crippen LogP contribution in [0.4, 0.5) is 4.39 Å². The predicted molar refractivity (Wildman–Crippen MR) is 80.5 cm³/mol. The van der Waals surface area contributed by atoms with Crippen molar-refractivity contribution in [3.05, 3.63) is 50.9 Å². The van der Waals surface area contributed by atoms with E-state index in [1.165, 1.54) is 17.7 Å². The van der Waals surface area contributed by atoms with Crippen LogP contribution in [-0.4, -0.2) is 19.7 Å². The zero-order chi connectivity index (χ0) is 13.5. The summed E-state index contributed by atoms with van der Waals surface area (Å²) in [5, 5.41) is 7.56. The highest BCUT2D eigenvalue weighted by Crippen LogP contribution is 2.25. The Labute approximate surface area is 124 Å². The second-order valence-corrected chi connectivity index (χ2v) is 5.69. The maximum absolute atomic E-state index is 12.9. The van der Waals surface area contributed by atoms with Crippen LogP contribution in [0.25, 0.3) is 0 Å². The normalized spacial score (nSPS) is 10.6. The van der Waals surface area contributed by atoms with Crippen LogP contribution in [0.3, 0.4) is 0 Å². The van der Waals surface area contributed by atoms with Crippen molar-refractivity contribution in [3.8, 4) is 5.75 Å². The standard InChI is InChI=1S/C14H15BrFNOS/c15-13-9-12(16)1-2-14(13)18-7-6-17-5-3-11-4-8-19-10-11/h1-2,4,8-10,17H,3,5-7H2. The van der Waals surface area contributed by atoms with Gasteiger partial charge in [0.15, 0.2) is 0 Å². The third-order valence-corrected chi connectivity index (χ3v) is 3.95. The van der Waals surface area contributed by atoms with Gasteiger partial charge in [-0.05, 0) is 69.5 Å². The summed E-state index contributed by atoms with van der Waals surface area (Å²) < 4.78 is 19.1. The Kier molecular flexibility index (Phi) is 5.82. The molecule has 0 aliphatic heterocycles. The van der Waals surface area contributed by atoms with E-state index < -0.39 is 0 Å². The van der Waals surface area contributed by atoms with Crippen molar-refractivity contribution in [1.82, 2.24) is 5.32 Å². The van der Waals surface area contributed by atoms with Crippen LogP contribution in [0, 0.1) is 5.82 Å². The number of benzene rings is 1. The molecule has 0 amide bonds. The number of thiophene rings is 1. The van der Waals surface area contributed by atoms with Crippen molar-refractivity contribution in [3.63, 3.8) is 0 Å². The molecule has 0 aliphatic carbocycles. The average molecular weight is 344 g/mol. The lowest BCUT2D eigenvalue weighted by Crippen LogP contribution is -2.23. The molecule has 102 valence electrons. The van der Waals surface area contributed by atoms with Crippen molar-refractivity contribution < 1.29 is 9.13 Å². The van der Waals surface area contributed by atoms with E-state index in [0.717, 1.165) is 19.5 Å². The summed E-state index contributed by atoms with van der Waals surface area (Å²) >= 11 is 4.99.